The molecule has 0 amide bonds. The molecular formula is C17H22BrClS. The van der Waals surface area contributed by atoms with E-state index in [0.29, 0.717) is 5.41 Å². The van der Waals surface area contributed by atoms with Crippen molar-refractivity contribution in [3.05, 3.63) is 20.3 Å². The normalized spacial score (nSPS) is 40.2. The molecule has 4 aliphatic carbocycles. The molecule has 20 heavy (non-hydrogen) atoms. The van der Waals surface area contributed by atoms with Crippen LogP contribution in [-0.2, 0) is 0 Å². The Labute approximate surface area is 139 Å². The maximum absolute atomic E-state index is 6.85. The van der Waals surface area contributed by atoms with Crippen LogP contribution in [0, 0.1) is 30.1 Å². The smallest absolute Gasteiger partial charge is 0.0704 e. The molecule has 0 N–H and O–H groups in total. The van der Waals surface area contributed by atoms with Gasteiger partial charge in [-0.25, -0.2) is 0 Å². The number of aryl methyl sites for hydroxylation is 1. The van der Waals surface area contributed by atoms with Gasteiger partial charge in [0, 0.05) is 4.88 Å². The third-order valence-corrected chi connectivity index (χ3v) is 8.00. The van der Waals surface area contributed by atoms with E-state index >= 15 is 0 Å². The Bertz CT molecular complexity index is 486. The van der Waals surface area contributed by atoms with Crippen molar-refractivity contribution in [2.24, 2.45) is 23.2 Å². The molecule has 1 unspecified atom stereocenters. The predicted molar refractivity (Wildman–Crippen MR) is 90.6 cm³/mol. The Hall–Kier alpha value is 0.470. The summed E-state index contributed by atoms with van der Waals surface area (Å²) in [5.74, 6) is 3.08. The van der Waals surface area contributed by atoms with Gasteiger partial charge >= 0.3 is 0 Å². The van der Waals surface area contributed by atoms with Crippen LogP contribution >= 0.6 is 38.9 Å². The zero-order valence-corrected chi connectivity index (χ0v) is 15.2. The average Bonchev–Trinajstić information content (AvgIpc) is 2.66. The first-order valence-electron chi connectivity index (χ1n) is 7.93. The lowest BCUT2D eigenvalue weighted by Gasteiger charge is -2.57. The van der Waals surface area contributed by atoms with Gasteiger partial charge in [-0.1, -0.05) is 0 Å². The second-order valence-corrected chi connectivity index (χ2v) is 10.8. The highest BCUT2D eigenvalue weighted by Gasteiger charge is 2.51. The van der Waals surface area contributed by atoms with Crippen molar-refractivity contribution in [2.45, 2.75) is 57.2 Å². The molecule has 4 saturated carbocycles. The van der Waals surface area contributed by atoms with Crippen LogP contribution in [0.4, 0.5) is 0 Å². The lowest BCUT2D eigenvalue weighted by Crippen LogP contribution is -2.46. The van der Waals surface area contributed by atoms with E-state index in [0.717, 1.165) is 17.8 Å². The van der Waals surface area contributed by atoms with Crippen molar-refractivity contribution in [3.63, 3.8) is 0 Å². The monoisotopic (exact) mass is 372 g/mol. The predicted octanol–water partition coefficient (Wildman–Crippen LogP) is 6.71. The molecule has 110 valence electrons. The molecular weight excluding hydrogens is 352 g/mol. The van der Waals surface area contributed by atoms with Crippen LogP contribution in [0.1, 0.15) is 60.8 Å². The number of thiophene rings is 1. The first-order chi connectivity index (χ1) is 9.53. The zero-order valence-electron chi connectivity index (χ0n) is 12.0. The zero-order chi connectivity index (χ0) is 13.9. The second kappa shape index (κ2) is 4.99. The fourth-order valence-electron chi connectivity index (χ4n) is 5.80. The van der Waals surface area contributed by atoms with Crippen LogP contribution < -0.4 is 0 Å². The van der Waals surface area contributed by atoms with E-state index in [1.807, 2.05) is 11.3 Å². The molecule has 1 aromatic heterocycles. The molecule has 0 radical (unpaired) electrons. The van der Waals surface area contributed by atoms with E-state index in [1.165, 1.54) is 59.2 Å². The van der Waals surface area contributed by atoms with Crippen LogP contribution in [-0.4, -0.2) is 0 Å². The highest BCUT2D eigenvalue weighted by atomic mass is 79.9. The minimum absolute atomic E-state index is 0.216. The van der Waals surface area contributed by atoms with Crippen molar-refractivity contribution in [2.75, 3.05) is 0 Å². The summed E-state index contributed by atoms with van der Waals surface area (Å²) in [7, 11) is 0. The molecule has 0 spiro atoms. The van der Waals surface area contributed by atoms with Crippen molar-refractivity contribution in [1.82, 2.24) is 0 Å². The first kappa shape index (κ1) is 14.1. The van der Waals surface area contributed by atoms with Gasteiger partial charge in [-0.3, -0.25) is 0 Å². The molecule has 1 heterocycles. The Balaban J connectivity index is 1.55. The summed E-state index contributed by atoms with van der Waals surface area (Å²) in [6.07, 6.45) is 10.2. The van der Waals surface area contributed by atoms with E-state index in [1.54, 1.807) is 0 Å². The van der Waals surface area contributed by atoms with Crippen LogP contribution in [0.25, 0.3) is 0 Å². The topological polar surface area (TPSA) is 0 Å². The Morgan fingerprint density at radius 2 is 1.80 bits per heavy atom. The molecule has 4 bridgehead atoms. The minimum atomic E-state index is 0.216. The van der Waals surface area contributed by atoms with Gasteiger partial charge in [0.05, 0.1) is 9.16 Å². The van der Waals surface area contributed by atoms with Gasteiger partial charge in [-0.2, -0.15) is 0 Å². The van der Waals surface area contributed by atoms with Crippen LogP contribution in [0.3, 0.4) is 0 Å². The lowest BCUT2D eigenvalue weighted by molar-refractivity contribution is -0.0576. The maximum Gasteiger partial charge on any atom is 0.0704 e. The molecule has 4 aliphatic rings. The van der Waals surface area contributed by atoms with Crippen LogP contribution in [0.15, 0.2) is 9.85 Å². The Morgan fingerprint density at radius 1 is 1.25 bits per heavy atom. The van der Waals surface area contributed by atoms with E-state index in [9.17, 15) is 0 Å². The molecule has 3 heteroatoms. The number of hydrogen-bond donors (Lipinski definition) is 0. The van der Waals surface area contributed by atoms with Crippen molar-refractivity contribution in [1.29, 1.82) is 0 Å². The first-order valence-corrected chi connectivity index (χ1v) is 9.97. The van der Waals surface area contributed by atoms with E-state index in [-0.39, 0.29) is 5.38 Å². The Kier molecular flexibility index (Phi) is 3.52. The summed E-state index contributed by atoms with van der Waals surface area (Å²) < 4.78 is 1.22. The fourth-order valence-corrected chi connectivity index (χ4v) is 8.19. The molecule has 4 fully saturated rings. The molecule has 0 aliphatic heterocycles. The largest absolute Gasteiger partial charge is 0.133 e. The quantitative estimate of drug-likeness (QED) is 0.517. The summed E-state index contributed by atoms with van der Waals surface area (Å²) in [6.45, 7) is 2.21. The maximum atomic E-state index is 6.85. The van der Waals surface area contributed by atoms with Crippen molar-refractivity contribution >= 4 is 38.9 Å². The second-order valence-electron chi connectivity index (χ2n) is 7.65. The van der Waals surface area contributed by atoms with Gasteiger partial charge < -0.3 is 0 Å². The number of hydrogen-bond acceptors (Lipinski definition) is 1. The summed E-state index contributed by atoms with van der Waals surface area (Å²) in [6, 6.07) is 2.25. The van der Waals surface area contributed by atoms with Crippen molar-refractivity contribution in [3.8, 4) is 0 Å². The molecule has 5 rings (SSSR count). The van der Waals surface area contributed by atoms with Gasteiger partial charge in [0.2, 0.25) is 0 Å². The minimum Gasteiger partial charge on any atom is -0.133 e. The molecule has 0 aromatic carbocycles. The summed E-state index contributed by atoms with van der Waals surface area (Å²) in [5.41, 5.74) is 1.96. The summed E-state index contributed by atoms with van der Waals surface area (Å²) in [4.78, 5) is 1.39. The number of rotatable bonds is 3. The summed E-state index contributed by atoms with van der Waals surface area (Å²) >= 11 is 12.3. The van der Waals surface area contributed by atoms with Crippen LogP contribution in [0.5, 0.6) is 0 Å². The standard InChI is InChI=1S/C17H22BrClS/c1-10-14(5-16(18)20-10)15(19)9-17-6-11-2-12(7-17)4-13(3-11)8-17/h5,11-13,15H,2-4,6-9H2,1H3. The molecule has 0 saturated heterocycles. The Morgan fingerprint density at radius 3 is 2.25 bits per heavy atom. The van der Waals surface area contributed by atoms with Gasteiger partial charge in [-0.05, 0) is 103 Å². The molecule has 0 nitrogen and oxygen atoms in total. The van der Waals surface area contributed by atoms with Gasteiger partial charge in [0.25, 0.3) is 0 Å². The van der Waals surface area contributed by atoms with Crippen molar-refractivity contribution < 1.29 is 0 Å². The van der Waals surface area contributed by atoms with Gasteiger partial charge in [-0.15, -0.1) is 22.9 Å². The molecule has 1 aromatic rings. The van der Waals surface area contributed by atoms with Gasteiger partial charge in [0.15, 0.2) is 0 Å². The molecule has 1 atom stereocenters. The lowest BCUT2D eigenvalue weighted by atomic mass is 9.48. The fraction of sp³-hybridized carbons (Fsp3) is 0.765. The van der Waals surface area contributed by atoms with E-state index in [2.05, 4.69) is 28.9 Å². The number of alkyl halides is 1. The highest BCUT2D eigenvalue weighted by molar-refractivity contribution is 9.11. The highest BCUT2D eigenvalue weighted by Crippen LogP contribution is 2.63. The number of halogens is 2. The van der Waals surface area contributed by atoms with E-state index < -0.39 is 0 Å². The summed E-state index contributed by atoms with van der Waals surface area (Å²) in [5, 5.41) is 0.216. The average molecular weight is 374 g/mol. The van der Waals surface area contributed by atoms with Crippen LogP contribution in [0.2, 0.25) is 0 Å². The SMILES string of the molecule is Cc1sc(Br)cc1C(Cl)CC12CC3CC(CC(C3)C1)C2. The third-order valence-electron chi connectivity index (χ3n) is 6.04. The van der Waals surface area contributed by atoms with E-state index in [4.69, 9.17) is 11.6 Å². The van der Waals surface area contributed by atoms with Gasteiger partial charge in [0.1, 0.15) is 0 Å². The third kappa shape index (κ3) is 2.40.